The van der Waals surface area contributed by atoms with E-state index in [0.717, 1.165) is 35.6 Å². The van der Waals surface area contributed by atoms with Gasteiger partial charge in [-0.05, 0) is 57.2 Å². The molecule has 0 saturated carbocycles. The van der Waals surface area contributed by atoms with Crippen molar-refractivity contribution in [1.29, 1.82) is 0 Å². The molecule has 1 saturated heterocycles. The van der Waals surface area contributed by atoms with E-state index in [2.05, 4.69) is 36.6 Å². The van der Waals surface area contributed by atoms with E-state index in [1.807, 2.05) is 18.2 Å². The highest BCUT2D eigenvalue weighted by Gasteiger charge is 2.31. The van der Waals surface area contributed by atoms with Crippen molar-refractivity contribution in [1.82, 2.24) is 19.2 Å². The van der Waals surface area contributed by atoms with E-state index in [0.29, 0.717) is 31.2 Å². The second-order valence-corrected chi connectivity index (χ2v) is 10.5. The summed E-state index contributed by atoms with van der Waals surface area (Å²) in [6.07, 6.45) is 0. The van der Waals surface area contributed by atoms with Crippen LogP contribution in [0.3, 0.4) is 0 Å². The molecule has 1 aliphatic heterocycles. The standard InChI is InChI=1S/C24H30ClN5O2S/c1-4-28(5-2)24-21-8-6-7-9-22(21)26-23(27-24)18(3)29-14-16-30(17-15-29)33(31,32)20-12-10-19(25)11-13-20/h6-13,18H,4-5,14-17H2,1-3H3. The summed E-state index contributed by atoms with van der Waals surface area (Å²) in [5, 5.41) is 1.57. The Kier molecular flexibility index (Phi) is 7.19. The van der Waals surface area contributed by atoms with Crippen LogP contribution in [-0.2, 0) is 10.0 Å². The van der Waals surface area contributed by atoms with Gasteiger partial charge < -0.3 is 4.90 Å². The number of aromatic nitrogens is 2. The molecule has 9 heteroatoms. The van der Waals surface area contributed by atoms with E-state index in [1.54, 1.807) is 28.6 Å². The van der Waals surface area contributed by atoms with Gasteiger partial charge in [-0.25, -0.2) is 18.4 Å². The zero-order chi connectivity index (χ0) is 23.6. The van der Waals surface area contributed by atoms with Crippen LogP contribution < -0.4 is 4.90 Å². The minimum absolute atomic E-state index is 0.0238. The topological polar surface area (TPSA) is 69.6 Å². The molecule has 7 nitrogen and oxygen atoms in total. The van der Waals surface area contributed by atoms with Crippen LogP contribution in [0.4, 0.5) is 5.82 Å². The summed E-state index contributed by atoms with van der Waals surface area (Å²) in [6, 6.07) is 14.4. The molecule has 1 aliphatic rings. The summed E-state index contributed by atoms with van der Waals surface area (Å²) in [6.45, 7) is 10.2. The summed E-state index contributed by atoms with van der Waals surface area (Å²) >= 11 is 5.92. The second kappa shape index (κ2) is 9.93. The predicted octanol–water partition coefficient (Wildman–Crippen LogP) is 4.20. The van der Waals surface area contributed by atoms with Gasteiger partial charge >= 0.3 is 0 Å². The monoisotopic (exact) mass is 487 g/mol. The Morgan fingerprint density at radius 2 is 1.61 bits per heavy atom. The number of nitrogens with zero attached hydrogens (tertiary/aromatic N) is 5. The van der Waals surface area contributed by atoms with Gasteiger partial charge in [0.1, 0.15) is 11.6 Å². The minimum Gasteiger partial charge on any atom is -0.357 e. The molecule has 1 fully saturated rings. The van der Waals surface area contributed by atoms with E-state index in [-0.39, 0.29) is 10.9 Å². The molecule has 1 unspecified atom stereocenters. The Balaban J connectivity index is 1.54. The van der Waals surface area contributed by atoms with Crippen molar-refractivity contribution in [2.24, 2.45) is 0 Å². The number of para-hydroxylation sites is 1. The summed E-state index contributed by atoms with van der Waals surface area (Å²) in [5.41, 5.74) is 0.931. The smallest absolute Gasteiger partial charge is 0.243 e. The van der Waals surface area contributed by atoms with Crippen LogP contribution in [0.1, 0.15) is 32.6 Å². The summed E-state index contributed by atoms with van der Waals surface area (Å²) < 4.78 is 27.6. The first-order valence-corrected chi connectivity index (χ1v) is 13.2. The minimum atomic E-state index is -3.54. The maximum absolute atomic E-state index is 13.0. The molecule has 3 aromatic rings. The fourth-order valence-electron chi connectivity index (χ4n) is 4.28. The molecular formula is C24H30ClN5O2S. The number of rotatable bonds is 7. The summed E-state index contributed by atoms with van der Waals surface area (Å²) in [4.78, 5) is 14.6. The third kappa shape index (κ3) is 4.84. The van der Waals surface area contributed by atoms with Crippen molar-refractivity contribution in [3.05, 3.63) is 59.4 Å². The molecule has 33 heavy (non-hydrogen) atoms. The molecule has 0 amide bonds. The molecule has 2 heterocycles. The van der Waals surface area contributed by atoms with Crippen molar-refractivity contribution in [2.45, 2.75) is 31.7 Å². The Bertz CT molecular complexity index is 1210. The average molecular weight is 488 g/mol. The van der Waals surface area contributed by atoms with Crippen molar-refractivity contribution in [2.75, 3.05) is 44.2 Å². The lowest BCUT2D eigenvalue weighted by Gasteiger charge is -2.37. The van der Waals surface area contributed by atoms with Crippen LogP contribution in [0.15, 0.2) is 53.4 Å². The largest absolute Gasteiger partial charge is 0.357 e. The maximum Gasteiger partial charge on any atom is 0.243 e. The van der Waals surface area contributed by atoms with Gasteiger partial charge in [0.15, 0.2) is 0 Å². The molecule has 0 spiro atoms. The van der Waals surface area contributed by atoms with Gasteiger partial charge in [-0.3, -0.25) is 4.90 Å². The number of anilines is 1. The summed E-state index contributed by atoms with van der Waals surface area (Å²) in [7, 11) is -3.54. The third-order valence-corrected chi connectivity index (χ3v) is 8.47. The SMILES string of the molecule is CCN(CC)c1nc(C(C)N2CCN(S(=O)(=O)c3ccc(Cl)cc3)CC2)nc2ccccc12. The lowest BCUT2D eigenvalue weighted by Crippen LogP contribution is -2.49. The van der Waals surface area contributed by atoms with Crippen molar-refractivity contribution >= 4 is 38.3 Å². The van der Waals surface area contributed by atoms with Gasteiger partial charge in [-0.15, -0.1) is 0 Å². The second-order valence-electron chi connectivity index (χ2n) is 8.16. The van der Waals surface area contributed by atoms with Crippen molar-refractivity contribution in [3.63, 3.8) is 0 Å². The van der Waals surface area contributed by atoms with Gasteiger partial charge in [0.25, 0.3) is 0 Å². The molecule has 1 atom stereocenters. The highest BCUT2D eigenvalue weighted by Crippen LogP contribution is 2.28. The first-order chi connectivity index (χ1) is 15.8. The first-order valence-electron chi connectivity index (χ1n) is 11.4. The van der Waals surface area contributed by atoms with Crippen LogP contribution in [0, 0.1) is 0 Å². The van der Waals surface area contributed by atoms with E-state index < -0.39 is 10.0 Å². The van der Waals surface area contributed by atoms with Crippen LogP contribution >= 0.6 is 11.6 Å². The third-order valence-electron chi connectivity index (χ3n) is 6.31. The van der Waals surface area contributed by atoms with E-state index in [9.17, 15) is 8.42 Å². The number of halogens is 1. The number of fused-ring (bicyclic) bond motifs is 1. The first kappa shape index (κ1) is 23.9. The Labute approximate surface area is 201 Å². The van der Waals surface area contributed by atoms with Gasteiger partial charge in [0, 0.05) is 49.7 Å². The lowest BCUT2D eigenvalue weighted by atomic mass is 10.2. The molecule has 0 radical (unpaired) electrons. The van der Waals surface area contributed by atoms with Gasteiger partial charge in [0.05, 0.1) is 16.5 Å². The van der Waals surface area contributed by atoms with Crippen LogP contribution in [0.2, 0.25) is 5.02 Å². The molecule has 0 N–H and O–H groups in total. The molecule has 2 aromatic carbocycles. The average Bonchev–Trinajstić information content (AvgIpc) is 2.84. The quantitative estimate of drug-likeness (QED) is 0.497. The maximum atomic E-state index is 13.0. The zero-order valence-corrected chi connectivity index (χ0v) is 20.8. The normalized spacial score (nSPS) is 16.7. The Hall–Kier alpha value is -2.26. The number of benzene rings is 2. The van der Waals surface area contributed by atoms with E-state index >= 15 is 0 Å². The zero-order valence-electron chi connectivity index (χ0n) is 19.3. The van der Waals surface area contributed by atoms with E-state index in [1.165, 1.54) is 0 Å². The number of sulfonamides is 1. The van der Waals surface area contributed by atoms with Crippen LogP contribution in [0.25, 0.3) is 10.9 Å². The highest BCUT2D eigenvalue weighted by molar-refractivity contribution is 7.89. The molecule has 1 aromatic heterocycles. The van der Waals surface area contributed by atoms with Crippen LogP contribution in [-0.4, -0.2) is 66.9 Å². The predicted molar refractivity (Wildman–Crippen MR) is 133 cm³/mol. The molecule has 4 rings (SSSR count). The Morgan fingerprint density at radius 3 is 2.24 bits per heavy atom. The van der Waals surface area contributed by atoms with Gasteiger partial charge in [-0.1, -0.05) is 23.7 Å². The van der Waals surface area contributed by atoms with Crippen LogP contribution in [0.5, 0.6) is 0 Å². The van der Waals surface area contributed by atoms with Crippen molar-refractivity contribution in [3.8, 4) is 0 Å². The van der Waals surface area contributed by atoms with Crippen molar-refractivity contribution < 1.29 is 8.42 Å². The Morgan fingerprint density at radius 1 is 0.970 bits per heavy atom. The van der Waals surface area contributed by atoms with Gasteiger partial charge in [0.2, 0.25) is 10.0 Å². The highest BCUT2D eigenvalue weighted by atomic mass is 35.5. The number of piperazine rings is 1. The number of hydrogen-bond donors (Lipinski definition) is 0. The number of hydrogen-bond acceptors (Lipinski definition) is 6. The fraction of sp³-hybridized carbons (Fsp3) is 0.417. The summed E-state index contributed by atoms with van der Waals surface area (Å²) in [5.74, 6) is 1.72. The molecule has 0 bridgehead atoms. The van der Waals surface area contributed by atoms with Gasteiger partial charge in [-0.2, -0.15) is 4.31 Å². The molecular weight excluding hydrogens is 458 g/mol. The molecule has 176 valence electrons. The fourth-order valence-corrected chi connectivity index (χ4v) is 5.83. The lowest BCUT2D eigenvalue weighted by molar-refractivity contribution is 0.141. The van der Waals surface area contributed by atoms with E-state index in [4.69, 9.17) is 21.6 Å². The molecule has 0 aliphatic carbocycles.